The number of halogens is 3. The first-order valence-corrected chi connectivity index (χ1v) is 7.36. The molecule has 0 saturated heterocycles. The van der Waals surface area contributed by atoms with E-state index in [-0.39, 0.29) is 0 Å². The van der Waals surface area contributed by atoms with E-state index in [2.05, 4.69) is 4.98 Å². The highest BCUT2D eigenvalue weighted by molar-refractivity contribution is 7.15. The molecule has 0 aliphatic carbocycles. The molecule has 0 saturated carbocycles. The maximum absolute atomic E-state index is 12.5. The lowest BCUT2D eigenvalue weighted by molar-refractivity contribution is -0.137. The zero-order chi connectivity index (χ0) is 16.0. The van der Waals surface area contributed by atoms with E-state index in [1.54, 1.807) is 7.11 Å². The summed E-state index contributed by atoms with van der Waals surface area (Å²) in [6.07, 6.45) is -4.30. The van der Waals surface area contributed by atoms with Crippen LogP contribution in [-0.4, -0.2) is 12.1 Å². The average Bonchev–Trinajstić information content (AvgIpc) is 2.81. The van der Waals surface area contributed by atoms with Crippen LogP contribution in [0, 0.1) is 6.92 Å². The Morgan fingerprint density at radius 2 is 1.71 bits per heavy atom. The Labute approximate surface area is 126 Å². The summed E-state index contributed by atoms with van der Waals surface area (Å²) in [6, 6.07) is 5.12. The smallest absolute Gasteiger partial charge is 0.378 e. The van der Waals surface area contributed by atoms with Crippen molar-refractivity contribution in [3.8, 4) is 10.4 Å². The number of alkyl halides is 3. The average molecular weight is 317 g/mol. The molecule has 0 aliphatic rings. The molecule has 0 spiro atoms. The van der Waals surface area contributed by atoms with E-state index < -0.39 is 11.7 Å². The second kappa shape index (κ2) is 7.56. The number of methoxy groups -OCH3 is 1. The van der Waals surface area contributed by atoms with E-state index in [1.165, 1.54) is 23.5 Å². The van der Waals surface area contributed by atoms with Gasteiger partial charge in [-0.2, -0.15) is 13.2 Å². The summed E-state index contributed by atoms with van der Waals surface area (Å²) in [6.45, 7) is 6.24. The predicted molar refractivity (Wildman–Crippen MR) is 79.4 cm³/mol. The van der Waals surface area contributed by atoms with Crippen molar-refractivity contribution >= 4 is 11.3 Å². The molecule has 2 nitrogen and oxygen atoms in total. The molecule has 0 fully saturated rings. The van der Waals surface area contributed by atoms with Crippen LogP contribution in [0.4, 0.5) is 13.2 Å². The highest BCUT2D eigenvalue weighted by Crippen LogP contribution is 2.34. The van der Waals surface area contributed by atoms with Gasteiger partial charge in [0.2, 0.25) is 0 Å². The number of nitrogens with zero attached hydrogens (tertiary/aromatic N) is 1. The number of rotatable bonds is 3. The van der Waals surface area contributed by atoms with Gasteiger partial charge in [-0.1, -0.05) is 26.0 Å². The van der Waals surface area contributed by atoms with Gasteiger partial charge in [0.25, 0.3) is 0 Å². The van der Waals surface area contributed by atoms with Gasteiger partial charge in [0.15, 0.2) is 0 Å². The number of ether oxygens (including phenoxy) is 1. The van der Waals surface area contributed by atoms with Crippen LogP contribution in [0.25, 0.3) is 10.4 Å². The topological polar surface area (TPSA) is 22.1 Å². The van der Waals surface area contributed by atoms with Crippen molar-refractivity contribution in [1.29, 1.82) is 0 Å². The summed E-state index contributed by atoms with van der Waals surface area (Å²) >= 11 is 1.43. The van der Waals surface area contributed by atoms with Crippen LogP contribution in [0.3, 0.4) is 0 Å². The van der Waals surface area contributed by atoms with Crippen molar-refractivity contribution in [2.45, 2.75) is 33.6 Å². The normalized spacial score (nSPS) is 11.0. The van der Waals surface area contributed by atoms with Gasteiger partial charge in [-0.25, -0.2) is 4.98 Å². The van der Waals surface area contributed by atoms with E-state index in [0.717, 1.165) is 33.3 Å². The molecule has 1 aromatic carbocycles. The number of thiazole rings is 1. The van der Waals surface area contributed by atoms with Crippen LogP contribution in [0.1, 0.15) is 30.1 Å². The molecule has 0 N–H and O–H groups in total. The molecule has 2 rings (SSSR count). The molecule has 21 heavy (non-hydrogen) atoms. The first-order valence-electron chi connectivity index (χ1n) is 6.54. The summed E-state index contributed by atoms with van der Waals surface area (Å²) in [5.41, 5.74) is 0.901. The summed E-state index contributed by atoms with van der Waals surface area (Å²) in [5, 5.41) is 0.815. The van der Waals surface area contributed by atoms with E-state index >= 15 is 0 Å². The summed E-state index contributed by atoms with van der Waals surface area (Å²) in [4.78, 5) is 5.19. The minimum absolute atomic E-state index is 0.409. The number of hydrogen-bond acceptors (Lipinski definition) is 3. The Hall–Kier alpha value is -1.40. The standard InChI is InChI=1S/C13H12F3NOS.C2H6/c1-8-12(19-11(17-8)7-18-2)9-3-5-10(6-4-9)13(14,15)16;1-2/h3-6H,7H2,1-2H3;1-2H3. The van der Waals surface area contributed by atoms with Crippen molar-refractivity contribution in [3.63, 3.8) is 0 Å². The lowest BCUT2D eigenvalue weighted by atomic mass is 10.1. The third-order valence-electron chi connectivity index (χ3n) is 2.58. The fourth-order valence-corrected chi connectivity index (χ4v) is 2.76. The Kier molecular flexibility index (Phi) is 6.36. The second-order valence-corrected chi connectivity index (χ2v) is 5.11. The Bertz CT molecular complexity index is 561. The molecule has 1 heterocycles. The highest BCUT2D eigenvalue weighted by atomic mass is 32.1. The molecule has 0 atom stereocenters. The van der Waals surface area contributed by atoms with Crippen LogP contribution in [0.15, 0.2) is 24.3 Å². The minimum Gasteiger partial charge on any atom is -0.378 e. The summed E-state index contributed by atoms with van der Waals surface area (Å²) < 4.78 is 42.4. The molecular weight excluding hydrogens is 299 g/mol. The monoisotopic (exact) mass is 317 g/mol. The van der Waals surface area contributed by atoms with E-state index in [0.29, 0.717) is 6.61 Å². The van der Waals surface area contributed by atoms with Crippen LogP contribution in [-0.2, 0) is 17.5 Å². The zero-order valence-electron chi connectivity index (χ0n) is 12.4. The molecular formula is C15H18F3NOS. The first-order chi connectivity index (χ1) is 9.91. The Balaban J connectivity index is 0.00000106. The summed E-state index contributed by atoms with van der Waals surface area (Å²) in [7, 11) is 1.58. The Morgan fingerprint density at radius 3 is 2.19 bits per heavy atom. The Morgan fingerprint density at radius 1 is 1.14 bits per heavy atom. The second-order valence-electron chi connectivity index (χ2n) is 4.03. The molecule has 0 bridgehead atoms. The molecule has 0 radical (unpaired) electrons. The molecule has 1 aromatic heterocycles. The SMILES string of the molecule is CC.COCc1nc(C)c(-c2ccc(C(F)(F)F)cc2)s1. The van der Waals surface area contributed by atoms with Crippen molar-refractivity contribution in [2.75, 3.05) is 7.11 Å². The fourth-order valence-electron chi connectivity index (χ4n) is 1.72. The first kappa shape index (κ1) is 17.7. The summed E-state index contributed by atoms with van der Waals surface area (Å²) in [5.74, 6) is 0. The third kappa shape index (κ3) is 4.54. The maximum atomic E-state index is 12.5. The predicted octanol–water partition coefficient (Wildman–Crippen LogP) is 5.31. The molecule has 116 valence electrons. The van der Waals surface area contributed by atoms with Crippen molar-refractivity contribution in [1.82, 2.24) is 4.98 Å². The van der Waals surface area contributed by atoms with Gasteiger partial charge in [-0.05, 0) is 24.6 Å². The van der Waals surface area contributed by atoms with E-state index in [4.69, 9.17) is 4.74 Å². The van der Waals surface area contributed by atoms with Gasteiger partial charge >= 0.3 is 6.18 Å². The third-order valence-corrected chi connectivity index (χ3v) is 3.76. The minimum atomic E-state index is -4.30. The zero-order valence-corrected chi connectivity index (χ0v) is 13.2. The van der Waals surface area contributed by atoms with Crippen molar-refractivity contribution in [2.24, 2.45) is 0 Å². The van der Waals surface area contributed by atoms with Crippen molar-refractivity contribution in [3.05, 3.63) is 40.5 Å². The lowest BCUT2D eigenvalue weighted by Gasteiger charge is -2.06. The van der Waals surface area contributed by atoms with Crippen LogP contribution >= 0.6 is 11.3 Å². The quantitative estimate of drug-likeness (QED) is 0.765. The van der Waals surface area contributed by atoms with E-state index in [9.17, 15) is 13.2 Å². The van der Waals surface area contributed by atoms with Gasteiger partial charge in [0.1, 0.15) is 5.01 Å². The number of aromatic nitrogens is 1. The number of benzene rings is 1. The fraction of sp³-hybridized carbons (Fsp3) is 0.400. The van der Waals surface area contributed by atoms with Crippen LogP contribution < -0.4 is 0 Å². The number of hydrogen-bond donors (Lipinski definition) is 0. The van der Waals surface area contributed by atoms with Gasteiger partial charge < -0.3 is 4.74 Å². The number of aryl methyl sites for hydroxylation is 1. The highest BCUT2D eigenvalue weighted by Gasteiger charge is 2.30. The van der Waals surface area contributed by atoms with Gasteiger partial charge in [-0.15, -0.1) is 11.3 Å². The van der Waals surface area contributed by atoms with Crippen LogP contribution in [0.5, 0.6) is 0 Å². The van der Waals surface area contributed by atoms with Gasteiger partial charge in [0, 0.05) is 7.11 Å². The maximum Gasteiger partial charge on any atom is 0.416 e. The van der Waals surface area contributed by atoms with Crippen LogP contribution in [0.2, 0.25) is 0 Å². The van der Waals surface area contributed by atoms with Gasteiger partial charge in [0.05, 0.1) is 22.7 Å². The molecule has 2 aromatic rings. The van der Waals surface area contributed by atoms with Gasteiger partial charge in [-0.3, -0.25) is 0 Å². The molecule has 0 amide bonds. The lowest BCUT2D eigenvalue weighted by Crippen LogP contribution is -2.03. The molecule has 0 aliphatic heterocycles. The largest absolute Gasteiger partial charge is 0.416 e. The van der Waals surface area contributed by atoms with E-state index in [1.807, 2.05) is 20.8 Å². The van der Waals surface area contributed by atoms with Crippen molar-refractivity contribution < 1.29 is 17.9 Å². The molecule has 0 unspecified atom stereocenters. The molecule has 6 heteroatoms.